The first-order valence-electron chi connectivity index (χ1n) is 10.0. The van der Waals surface area contributed by atoms with Crippen molar-refractivity contribution in [1.82, 2.24) is 10.6 Å². The highest BCUT2D eigenvalue weighted by Crippen LogP contribution is 2.34. The maximum Gasteiger partial charge on any atom is 0.416 e. The lowest BCUT2D eigenvalue weighted by atomic mass is 10.1. The topological polar surface area (TPSA) is 87.3 Å². The Hall–Kier alpha value is -3.85. The van der Waals surface area contributed by atoms with Crippen molar-refractivity contribution in [3.8, 4) is 0 Å². The number of amides is 3. The number of carbonyl (C=O) groups excluding carboxylic acids is 3. The van der Waals surface area contributed by atoms with E-state index in [1.807, 2.05) is 0 Å². The maximum absolute atomic E-state index is 13.1. The maximum atomic E-state index is 13.1. The SMILES string of the molecule is O=C(CNC(=O)c1ccccc1)N[C@@H](C(=O)Nc1cc(C(F)(F)F)ccc1Cl)c1ccccc1. The zero-order valence-corrected chi connectivity index (χ0v) is 18.3. The van der Waals surface area contributed by atoms with Crippen molar-refractivity contribution < 1.29 is 27.6 Å². The molecule has 0 radical (unpaired) electrons. The fourth-order valence-electron chi connectivity index (χ4n) is 3.01. The molecule has 10 heteroatoms. The molecule has 1 atom stereocenters. The molecule has 0 unspecified atom stereocenters. The third kappa shape index (κ3) is 6.58. The van der Waals surface area contributed by atoms with Crippen LogP contribution < -0.4 is 16.0 Å². The van der Waals surface area contributed by atoms with Crippen molar-refractivity contribution in [2.24, 2.45) is 0 Å². The molecule has 0 saturated carbocycles. The van der Waals surface area contributed by atoms with Gasteiger partial charge in [0.25, 0.3) is 11.8 Å². The van der Waals surface area contributed by atoms with Crippen LogP contribution in [0.1, 0.15) is 27.5 Å². The summed E-state index contributed by atoms with van der Waals surface area (Å²) in [5.41, 5.74) is -0.511. The van der Waals surface area contributed by atoms with E-state index in [9.17, 15) is 27.6 Å². The molecular formula is C24H19ClF3N3O3. The summed E-state index contributed by atoms with van der Waals surface area (Å²) in [5.74, 6) is -1.97. The molecule has 3 aromatic carbocycles. The third-order valence-corrected chi connectivity index (χ3v) is 5.03. The van der Waals surface area contributed by atoms with Crippen molar-refractivity contribution >= 4 is 35.0 Å². The van der Waals surface area contributed by atoms with Crippen LogP contribution in [0.15, 0.2) is 78.9 Å². The van der Waals surface area contributed by atoms with Gasteiger partial charge in [0.15, 0.2) is 0 Å². The Morgan fingerprint density at radius 3 is 2.12 bits per heavy atom. The van der Waals surface area contributed by atoms with Crippen molar-refractivity contribution in [3.63, 3.8) is 0 Å². The number of alkyl halides is 3. The zero-order valence-electron chi connectivity index (χ0n) is 17.5. The molecule has 3 rings (SSSR count). The Balaban J connectivity index is 1.74. The highest BCUT2D eigenvalue weighted by atomic mass is 35.5. The molecule has 0 aliphatic heterocycles. The quantitative estimate of drug-likeness (QED) is 0.454. The van der Waals surface area contributed by atoms with Crippen LogP contribution in [0.25, 0.3) is 0 Å². The summed E-state index contributed by atoms with van der Waals surface area (Å²) in [7, 11) is 0. The predicted octanol–water partition coefficient (Wildman–Crippen LogP) is 4.58. The van der Waals surface area contributed by atoms with Crippen LogP contribution in [0.4, 0.5) is 18.9 Å². The molecular weight excluding hydrogens is 471 g/mol. The standard InChI is InChI=1S/C24H19ClF3N3O3/c25-18-12-11-17(24(26,27)28)13-19(18)30-23(34)21(15-7-3-1-4-8-15)31-20(32)14-29-22(33)16-9-5-2-6-10-16/h1-13,21H,14H2,(H,29,33)(H,30,34)(H,31,32)/t21-/m1/s1. The van der Waals surface area contributed by atoms with Crippen LogP contribution in [-0.4, -0.2) is 24.3 Å². The van der Waals surface area contributed by atoms with E-state index in [-0.39, 0.29) is 10.7 Å². The van der Waals surface area contributed by atoms with Crippen LogP contribution >= 0.6 is 11.6 Å². The number of anilines is 1. The highest BCUT2D eigenvalue weighted by molar-refractivity contribution is 6.33. The molecule has 0 aromatic heterocycles. The van der Waals surface area contributed by atoms with E-state index in [2.05, 4.69) is 16.0 Å². The molecule has 0 fully saturated rings. The molecule has 0 spiro atoms. The average Bonchev–Trinajstić information content (AvgIpc) is 2.82. The monoisotopic (exact) mass is 489 g/mol. The fraction of sp³-hybridized carbons (Fsp3) is 0.125. The van der Waals surface area contributed by atoms with Gasteiger partial charge in [0.05, 0.1) is 22.8 Å². The molecule has 0 heterocycles. The van der Waals surface area contributed by atoms with Gasteiger partial charge in [-0.25, -0.2) is 0 Å². The minimum atomic E-state index is -4.63. The first-order valence-corrected chi connectivity index (χ1v) is 10.4. The molecule has 0 saturated heterocycles. The normalized spacial score (nSPS) is 11.9. The third-order valence-electron chi connectivity index (χ3n) is 4.70. The van der Waals surface area contributed by atoms with Crippen molar-refractivity contribution in [3.05, 3.63) is 101 Å². The Morgan fingerprint density at radius 1 is 0.882 bits per heavy atom. The van der Waals surface area contributed by atoms with E-state index in [0.29, 0.717) is 17.2 Å². The molecule has 3 aromatic rings. The molecule has 0 aliphatic carbocycles. The first-order chi connectivity index (χ1) is 16.1. The van der Waals surface area contributed by atoms with E-state index in [1.54, 1.807) is 60.7 Å². The molecule has 3 N–H and O–H groups in total. The summed E-state index contributed by atoms with van der Waals surface area (Å²) in [6.45, 7) is -0.422. The number of carbonyl (C=O) groups is 3. The average molecular weight is 490 g/mol. The molecule has 176 valence electrons. The second-order valence-corrected chi connectivity index (χ2v) is 7.55. The molecule has 0 bridgehead atoms. The number of halogens is 4. The largest absolute Gasteiger partial charge is 0.416 e. The Kier molecular flexibility index (Phi) is 7.91. The number of nitrogens with one attached hydrogen (secondary N) is 3. The van der Waals surface area contributed by atoms with E-state index >= 15 is 0 Å². The van der Waals surface area contributed by atoms with Crippen LogP contribution in [0.5, 0.6) is 0 Å². The second kappa shape index (κ2) is 10.8. The van der Waals surface area contributed by atoms with Gasteiger partial charge in [0, 0.05) is 5.56 Å². The first kappa shape index (κ1) is 24.8. The van der Waals surface area contributed by atoms with E-state index in [0.717, 1.165) is 12.1 Å². The summed E-state index contributed by atoms with van der Waals surface area (Å²) in [5, 5.41) is 7.18. The lowest BCUT2D eigenvalue weighted by molar-refractivity contribution is -0.137. The van der Waals surface area contributed by atoms with Gasteiger partial charge in [-0.05, 0) is 35.9 Å². The summed E-state index contributed by atoms with van der Waals surface area (Å²) in [6.07, 6.45) is -4.63. The molecule has 0 aliphatic rings. The van der Waals surface area contributed by atoms with Crippen LogP contribution in [0.3, 0.4) is 0 Å². The molecule has 6 nitrogen and oxygen atoms in total. The summed E-state index contributed by atoms with van der Waals surface area (Å²) in [6, 6.07) is 17.6. The predicted molar refractivity (Wildman–Crippen MR) is 121 cm³/mol. The number of hydrogen-bond donors (Lipinski definition) is 3. The van der Waals surface area contributed by atoms with E-state index in [4.69, 9.17) is 11.6 Å². The Morgan fingerprint density at radius 2 is 1.50 bits per heavy atom. The molecule has 34 heavy (non-hydrogen) atoms. The highest BCUT2D eigenvalue weighted by Gasteiger charge is 2.31. The minimum absolute atomic E-state index is 0.102. The van der Waals surface area contributed by atoms with Gasteiger partial charge >= 0.3 is 6.18 Å². The second-order valence-electron chi connectivity index (χ2n) is 7.14. The van der Waals surface area contributed by atoms with E-state index in [1.165, 1.54) is 0 Å². The van der Waals surface area contributed by atoms with Gasteiger partial charge in [-0.15, -0.1) is 0 Å². The van der Waals surface area contributed by atoms with Gasteiger partial charge in [0.2, 0.25) is 5.91 Å². The van der Waals surface area contributed by atoms with Gasteiger partial charge in [-0.3, -0.25) is 14.4 Å². The Labute approximate surface area is 198 Å². The van der Waals surface area contributed by atoms with Crippen LogP contribution in [0.2, 0.25) is 5.02 Å². The fourth-order valence-corrected chi connectivity index (χ4v) is 3.18. The van der Waals surface area contributed by atoms with Gasteiger partial charge in [-0.2, -0.15) is 13.2 Å². The van der Waals surface area contributed by atoms with Crippen molar-refractivity contribution in [2.75, 3.05) is 11.9 Å². The Bertz CT molecular complexity index is 1170. The van der Waals surface area contributed by atoms with E-state index < -0.39 is 42.0 Å². The van der Waals surface area contributed by atoms with Crippen molar-refractivity contribution in [2.45, 2.75) is 12.2 Å². The summed E-state index contributed by atoms with van der Waals surface area (Å²) >= 11 is 5.97. The number of benzene rings is 3. The lowest BCUT2D eigenvalue weighted by Gasteiger charge is -2.20. The van der Waals surface area contributed by atoms with Crippen LogP contribution in [0, 0.1) is 0 Å². The summed E-state index contributed by atoms with van der Waals surface area (Å²) < 4.78 is 39.2. The van der Waals surface area contributed by atoms with Crippen molar-refractivity contribution in [1.29, 1.82) is 0 Å². The molecule has 3 amide bonds. The summed E-state index contributed by atoms with van der Waals surface area (Å²) in [4.78, 5) is 37.6. The minimum Gasteiger partial charge on any atom is -0.343 e. The van der Waals surface area contributed by atoms with Gasteiger partial charge < -0.3 is 16.0 Å². The lowest BCUT2D eigenvalue weighted by Crippen LogP contribution is -2.42. The number of hydrogen-bond acceptors (Lipinski definition) is 3. The zero-order chi connectivity index (χ0) is 24.7. The van der Waals surface area contributed by atoms with Gasteiger partial charge in [-0.1, -0.05) is 60.1 Å². The van der Waals surface area contributed by atoms with Gasteiger partial charge in [0.1, 0.15) is 6.04 Å². The van der Waals surface area contributed by atoms with Crippen LogP contribution in [-0.2, 0) is 15.8 Å². The number of rotatable bonds is 7. The smallest absolute Gasteiger partial charge is 0.343 e.